The van der Waals surface area contributed by atoms with Crippen LogP contribution in [0.25, 0.3) is 0 Å². The van der Waals surface area contributed by atoms with E-state index in [-0.39, 0.29) is 25.0 Å². The van der Waals surface area contributed by atoms with Gasteiger partial charge in [0.1, 0.15) is 12.7 Å². The van der Waals surface area contributed by atoms with E-state index in [2.05, 4.69) is 10.3 Å². The number of hydrogen-bond acceptors (Lipinski definition) is 4. The van der Waals surface area contributed by atoms with Gasteiger partial charge in [0.2, 0.25) is 5.91 Å². The van der Waals surface area contributed by atoms with Gasteiger partial charge < -0.3 is 10.2 Å². The third kappa shape index (κ3) is 9.65. The zero-order chi connectivity index (χ0) is 12.3. The van der Waals surface area contributed by atoms with Crippen LogP contribution < -0.4 is 5.48 Å². The largest absolute Gasteiger partial charge is 0.394 e. The molecule has 0 rings (SSSR count). The van der Waals surface area contributed by atoms with E-state index in [9.17, 15) is 4.79 Å². The predicted molar refractivity (Wildman–Crippen MR) is 58.0 cm³/mol. The maximum Gasteiger partial charge on any atom is 0.246 e. The van der Waals surface area contributed by atoms with Crippen LogP contribution in [0.5, 0.6) is 0 Å². The van der Waals surface area contributed by atoms with Gasteiger partial charge >= 0.3 is 0 Å². The summed E-state index contributed by atoms with van der Waals surface area (Å²) in [5.74, 6) is -0.320. The number of aliphatic hydroxyl groups is 2. The Morgan fingerprint density at radius 3 is 2.40 bits per heavy atom. The van der Waals surface area contributed by atoms with Gasteiger partial charge in [-0.25, -0.2) is 5.48 Å². The first-order valence-corrected chi connectivity index (χ1v) is 5.32. The van der Waals surface area contributed by atoms with Crippen LogP contribution in [0.2, 0.25) is 0 Å². The van der Waals surface area contributed by atoms with Crippen LogP contribution in [-0.2, 0) is 9.63 Å². The fourth-order valence-corrected chi connectivity index (χ4v) is 0.548. The minimum atomic E-state index is -0.947. The molecule has 0 aromatic heterocycles. The van der Waals surface area contributed by atoms with Crippen molar-refractivity contribution in [1.29, 1.82) is 0 Å². The molecule has 0 aromatic carbocycles. The predicted octanol–water partition coefficient (Wildman–Crippen LogP) is 0.460. The molecule has 0 bridgehead atoms. The number of carbonyl (C=O) groups is 1. The topological polar surface area (TPSA) is 78.8 Å². The van der Waals surface area contributed by atoms with Gasteiger partial charge in [-0.15, -0.1) is 0 Å². The molecule has 15 heavy (non-hydrogen) atoms. The van der Waals surface area contributed by atoms with Crippen molar-refractivity contribution in [2.45, 2.75) is 40.2 Å². The molecule has 0 saturated carbocycles. The highest BCUT2D eigenvalue weighted by Gasteiger charge is 2.10. The Balaban J connectivity index is 0. The van der Waals surface area contributed by atoms with E-state index in [0.29, 0.717) is 0 Å². The van der Waals surface area contributed by atoms with E-state index >= 15 is 0 Å². The minimum absolute atomic E-state index is 0.0985. The monoisotopic (exact) mass is 221 g/mol. The Labute approximate surface area is 91.4 Å². The lowest BCUT2D eigenvalue weighted by atomic mass is 10.1. The fraction of sp³-hybridized carbons (Fsp3) is 0.900. The van der Waals surface area contributed by atoms with Gasteiger partial charge in [-0.2, -0.15) is 0 Å². The maximum absolute atomic E-state index is 11.1. The van der Waals surface area contributed by atoms with Gasteiger partial charge in [0.05, 0.1) is 6.61 Å². The average molecular weight is 221 g/mol. The molecule has 0 spiro atoms. The first-order chi connectivity index (χ1) is 7.11. The molecular weight excluding hydrogens is 198 g/mol. The molecule has 0 aliphatic carbocycles. The molecule has 0 radical (unpaired) electrons. The van der Waals surface area contributed by atoms with Crippen molar-refractivity contribution in [3.05, 3.63) is 0 Å². The average Bonchev–Trinajstić information content (AvgIpc) is 2.30. The lowest BCUT2D eigenvalue weighted by molar-refractivity contribution is -0.140. The Kier molecular flexibility index (Phi) is 12.8. The molecule has 0 fully saturated rings. The van der Waals surface area contributed by atoms with E-state index in [1.165, 1.54) is 0 Å². The van der Waals surface area contributed by atoms with Gasteiger partial charge in [0, 0.05) is 5.92 Å². The van der Waals surface area contributed by atoms with Crippen molar-refractivity contribution in [2.75, 3.05) is 13.2 Å². The highest BCUT2D eigenvalue weighted by molar-refractivity contribution is 5.77. The third-order valence-corrected chi connectivity index (χ3v) is 1.72. The summed E-state index contributed by atoms with van der Waals surface area (Å²) < 4.78 is 0. The number of rotatable bonds is 6. The SMILES string of the molecule is CC.CCC(C)C(=O)NOCC(O)CO. The fourth-order valence-electron chi connectivity index (χ4n) is 0.548. The summed E-state index contributed by atoms with van der Waals surface area (Å²) in [7, 11) is 0. The van der Waals surface area contributed by atoms with Crippen LogP contribution in [0.4, 0.5) is 0 Å². The smallest absolute Gasteiger partial charge is 0.246 e. The van der Waals surface area contributed by atoms with Gasteiger partial charge in [0.25, 0.3) is 0 Å². The second-order valence-corrected chi connectivity index (χ2v) is 2.92. The molecule has 5 heteroatoms. The van der Waals surface area contributed by atoms with Crippen molar-refractivity contribution >= 4 is 5.91 Å². The first kappa shape index (κ1) is 16.8. The lowest BCUT2D eigenvalue weighted by Gasteiger charge is -2.11. The maximum atomic E-state index is 11.1. The Bertz CT molecular complexity index is 152. The summed E-state index contributed by atoms with van der Waals surface area (Å²) in [6.07, 6.45) is -0.213. The second kappa shape index (κ2) is 11.4. The molecule has 2 unspecified atom stereocenters. The molecule has 0 saturated heterocycles. The number of amides is 1. The van der Waals surface area contributed by atoms with E-state index < -0.39 is 6.10 Å². The van der Waals surface area contributed by atoms with Crippen molar-refractivity contribution < 1.29 is 19.8 Å². The molecule has 0 aromatic rings. The van der Waals surface area contributed by atoms with Crippen LogP contribution in [-0.4, -0.2) is 35.4 Å². The second-order valence-electron chi connectivity index (χ2n) is 2.92. The normalized spacial score (nSPS) is 13.5. The van der Waals surface area contributed by atoms with Crippen molar-refractivity contribution in [2.24, 2.45) is 5.92 Å². The summed E-state index contributed by atoms with van der Waals surface area (Å²) in [6, 6.07) is 0. The molecular formula is C10H23NO4. The van der Waals surface area contributed by atoms with E-state index in [0.717, 1.165) is 6.42 Å². The minimum Gasteiger partial charge on any atom is -0.394 e. The van der Waals surface area contributed by atoms with Gasteiger partial charge in [0.15, 0.2) is 0 Å². The number of hydroxylamine groups is 1. The number of aliphatic hydroxyl groups excluding tert-OH is 2. The molecule has 0 aliphatic heterocycles. The van der Waals surface area contributed by atoms with E-state index in [1.54, 1.807) is 6.92 Å². The zero-order valence-electron chi connectivity index (χ0n) is 9.99. The van der Waals surface area contributed by atoms with Gasteiger partial charge in [-0.05, 0) is 6.42 Å². The summed E-state index contributed by atoms with van der Waals surface area (Å²) in [4.78, 5) is 15.7. The number of hydrogen-bond donors (Lipinski definition) is 3. The van der Waals surface area contributed by atoms with Gasteiger partial charge in [-0.1, -0.05) is 27.7 Å². The molecule has 5 nitrogen and oxygen atoms in total. The third-order valence-electron chi connectivity index (χ3n) is 1.72. The van der Waals surface area contributed by atoms with Crippen molar-refractivity contribution in [3.63, 3.8) is 0 Å². The standard InChI is InChI=1S/C8H17NO4.C2H6/c1-3-6(2)8(12)9-13-5-7(11)4-10;1-2/h6-7,10-11H,3-5H2,1-2H3,(H,9,12);1-2H3. The summed E-state index contributed by atoms with van der Waals surface area (Å²) in [5, 5.41) is 17.3. The van der Waals surface area contributed by atoms with E-state index in [4.69, 9.17) is 10.2 Å². The molecule has 0 aliphatic rings. The summed E-state index contributed by atoms with van der Waals surface area (Å²) >= 11 is 0. The Hall–Kier alpha value is -0.650. The van der Waals surface area contributed by atoms with Gasteiger partial charge in [-0.3, -0.25) is 9.63 Å². The zero-order valence-corrected chi connectivity index (χ0v) is 9.99. The van der Waals surface area contributed by atoms with Crippen molar-refractivity contribution in [1.82, 2.24) is 5.48 Å². The Morgan fingerprint density at radius 1 is 1.47 bits per heavy atom. The molecule has 2 atom stereocenters. The summed E-state index contributed by atoms with van der Waals surface area (Å²) in [5.41, 5.74) is 2.19. The van der Waals surface area contributed by atoms with Crippen LogP contribution in [0.15, 0.2) is 0 Å². The quantitative estimate of drug-likeness (QED) is 0.569. The lowest BCUT2D eigenvalue weighted by Crippen LogP contribution is -2.32. The molecule has 3 N–H and O–H groups in total. The first-order valence-electron chi connectivity index (χ1n) is 5.32. The molecule has 0 heterocycles. The highest BCUT2D eigenvalue weighted by atomic mass is 16.7. The molecule has 92 valence electrons. The van der Waals surface area contributed by atoms with Crippen LogP contribution in [0, 0.1) is 5.92 Å². The number of nitrogens with one attached hydrogen (secondary N) is 1. The Morgan fingerprint density at radius 2 is 2.00 bits per heavy atom. The van der Waals surface area contributed by atoms with Crippen LogP contribution >= 0.6 is 0 Å². The van der Waals surface area contributed by atoms with E-state index in [1.807, 2.05) is 20.8 Å². The van der Waals surface area contributed by atoms with Crippen LogP contribution in [0.3, 0.4) is 0 Å². The van der Waals surface area contributed by atoms with Crippen molar-refractivity contribution in [3.8, 4) is 0 Å². The number of carbonyl (C=O) groups excluding carboxylic acids is 1. The highest BCUT2D eigenvalue weighted by Crippen LogP contribution is 1.99. The molecule has 1 amide bonds. The summed E-state index contributed by atoms with van der Waals surface area (Å²) in [6.45, 7) is 7.20. The van der Waals surface area contributed by atoms with Crippen LogP contribution in [0.1, 0.15) is 34.1 Å².